The summed E-state index contributed by atoms with van der Waals surface area (Å²) in [6, 6.07) is 6.33. The lowest BCUT2D eigenvalue weighted by Crippen LogP contribution is -2.27. The Hall–Kier alpha value is -2.13. The average Bonchev–Trinajstić information content (AvgIpc) is 2.26. The van der Waals surface area contributed by atoms with Crippen LogP contribution in [0.1, 0.15) is 12.5 Å². The number of rotatable bonds is 4. The van der Waals surface area contributed by atoms with Crippen LogP contribution in [0.25, 0.3) is 0 Å². The van der Waals surface area contributed by atoms with Crippen molar-refractivity contribution in [3.8, 4) is 6.07 Å². The molecule has 0 amide bonds. The maximum Gasteiger partial charge on any atom is 0.310 e. The molecule has 0 heterocycles. The van der Waals surface area contributed by atoms with Gasteiger partial charge in [-0.05, 0) is 19.1 Å². The number of benzene rings is 1. The maximum absolute atomic E-state index is 11.0. The summed E-state index contributed by atoms with van der Waals surface area (Å²) in [4.78, 5) is 11.9. The van der Waals surface area contributed by atoms with Crippen LogP contribution >= 0.6 is 0 Å². The van der Waals surface area contributed by atoms with Crippen molar-refractivity contribution in [1.29, 1.82) is 5.26 Å². The molecule has 0 spiro atoms. The maximum atomic E-state index is 11.0. The second-order valence-electron chi connectivity index (χ2n) is 3.77. The number of hydrogen-bond acceptors (Lipinski definition) is 5. The number of nitro benzene ring substituents is 1. The molecule has 0 aliphatic heterocycles. The molecular weight excluding hydrogens is 222 g/mol. The van der Waals surface area contributed by atoms with E-state index < -0.39 is 11.0 Å². The second kappa shape index (κ2) is 5.27. The van der Waals surface area contributed by atoms with Gasteiger partial charge < -0.3 is 10.0 Å². The van der Waals surface area contributed by atoms with Crippen LogP contribution in [-0.4, -0.2) is 29.7 Å². The summed E-state index contributed by atoms with van der Waals surface area (Å²) in [5.41, 5.74) is 0.123. The fourth-order valence-corrected chi connectivity index (χ4v) is 1.62. The van der Waals surface area contributed by atoms with E-state index in [4.69, 9.17) is 5.26 Å². The molecule has 1 unspecified atom stereocenters. The number of nitrogens with zero attached hydrogens (tertiary/aromatic N) is 3. The minimum absolute atomic E-state index is 0.0185. The molecule has 1 aromatic rings. The molecular formula is C11H13N3O3. The van der Waals surface area contributed by atoms with Crippen LogP contribution in [0.15, 0.2) is 18.2 Å². The molecule has 0 bridgehead atoms. The fourth-order valence-electron chi connectivity index (χ4n) is 1.62. The van der Waals surface area contributed by atoms with Crippen molar-refractivity contribution in [2.45, 2.75) is 13.0 Å². The van der Waals surface area contributed by atoms with Crippen molar-refractivity contribution in [2.24, 2.45) is 0 Å². The van der Waals surface area contributed by atoms with E-state index in [0.717, 1.165) is 0 Å². The summed E-state index contributed by atoms with van der Waals surface area (Å²) in [6.07, 6.45) is -0.606. The van der Waals surface area contributed by atoms with Crippen molar-refractivity contribution in [3.63, 3.8) is 0 Å². The molecule has 1 atom stereocenters. The SMILES string of the molecule is CC(O)CN(C)c1cccc(C#N)c1[N+](=O)[O-]. The van der Waals surface area contributed by atoms with E-state index >= 15 is 0 Å². The first kappa shape index (κ1) is 12.9. The van der Waals surface area contributed by atoms with E-state index in [2.05, 4.69) is 0 Å². The number of hydrogen-bond donors (Lipinski definition) is 1. The number of aliphatic hydroxyl groups excluding tert-OH is 1. The van der Waals surface area contributed by atoms with Gasteiger partial charge in [-0.15, -0.1) is 0 Å². The summed E-state index contributed by atoms with van der Waals surface area (Å²) in [5.74, 6) is 0. The van der Waals surface area contributed by atoms with Crippen molar-refractivity contribution in [3.05, 3.63) is 33.9 Å². The van der Waals surface area contributed by atoms with Gasteiger partial charge in [0.25, 0.3) is 0 Å². The molecule has 90 valence electrons. The van der Waals surface area contributed by atoms with Crippen molar-refractivity contribution in [1.82, 2.24) is 0 Å². The first-order chi connectivity index (χ1) is 7.97. The first-order valence-electron chi connectivity index (χ1n) is 5.04. The molecule has 0 radical (unpaired) electrons. The molecule has 0 aromatic heterocycles. The van der Waals surface area contributed by atoms with E-state index in [0.29, 0.717) is 5.69 Å². The number of nitriles is 1. The Balaban J connectivity index is 3.24. The predicted molar refractivity (Wildman–Crippen MR) is 62.8 cm³/mol. The lowest BCUT2D eigenvalue weighted by molar-refractivity contribution is -0.384. The minimum atomic E-state index is -0.606. The number of anilines is 1. The van der Waals surface area contributed by atoms with Gasteiger partial charge in [0, 0.05) is 13.6 Å². The predicted octanol–water partition coefficient (Wildman–Crippen LogP) is 1.28. The van der Waals surface area contributed by atoms with Crippen molar-refractivity contribution >= 4 is 11.4 Å². The highest BCUT2D eigenvalue weighted by Gasteiger charge is 2.22. The summed E-state index contributed by atoms with van der Waals surface area (Å²) in [5, 5.41) is 29.1. The van der Waals surface area contributed by atoms with Crippen LogP contribution in [0.4, 0.5) is 11.4 Å². The second-order valence-corrected chi connectivity index (χ2v) is 3.77. The van der Waals surface area contributed by atoms with E-state index in [-0.39, 0.29) is 17.8 Å². The third kappa shape index (κ3) is 2.92. The fraction of sp³-hybridized carbons (Fsp3) is 0.364. The minimum Gasteiger partial charge on any atom is -0.392 e. The van der Waals surface area contributed by atoms with Crippen molar-refractivity contribution < 1.29 is 10.0 Å². The van der Waals surface area contributed by atoms with Crippen LogP contribution in [0, 0.1) is 21.4 Å². The third-order valence-corrected chi connectivity index (χ3v) is 2.27. The quantitative estimate of drug-likeness (QED) is 0.627. The normalized spacial score (nSPS) is 11.6. The highest BCUT2D eigenvalue weighted by molar-refractivity contribution is 5.69. The van der Waals surface area contributed by atoms with E-state index in [9.17, 15) is 15.2 Å². The van der Waals surface area contributed by atoms with Crippen LogP contribution in [0.2, 0.25) is 0 Å². The van der Waals surface area contributed by atoms with Crippen LogP contribution in [0.3, 0.4) is 0 Å². The molecule has 0 aliphatic rings. The average molecular weight is 235 g/mol. The summed E-state index contributed by atoms with van der Waals surface area (Å²) in [7, 11) is 1.64. The van der Waals surface area contributed by atoms with Gasteiger partial charge in [-0.2, -0.15) is 5.26 Å². The molecule has 1 aromatic carbocycles. The van der Waals surface area contributed by atoms with Gasteiger partial charge in [0.1, 0.15) is 17.3 Å². The zero-order valence-electron chi connectivity index (χ0n) is 9.62. The molecule has 6 nitrogen and oxygen atoms in total. The van der Waals surface area contributed by atoms with Gasteiger partial charge in [0.2, 0.25) is 0 Å². The first-order valence-corrected chi connectivity index (χ1v) is 5.04. The standard InChI is InChI=1S/C11H13N3O3/c1-8(15)7-13(2)10-5-3-4-9(6-12)11(10)14(16)17/h3-5,8,15H,7H2,1-2H3. The molecule has 0 fully saturated rings. The molecule has 17 heavy (non-hydrogen) atoms. The Kier molecular flexibility index (Phi) is 4.01. The Morgan fingerprint density at radius 3 is 2.76 bits per heavy atom. The van der Waals surface area contributed by atoms with Crippen LogP contribution < -0.4 is 4.90 Å². The summed E-state index contributed by atoms with van der Waals surface area (Å²) < 4.78 is 0. The zero-order chi connectivity index (χ0) is 13.0. The lowest BCUT2D eigenvalue weighted by Gasteiger charge is -2.20. The monoisotopic (exact) mass is 235 g/mol. The zero-order valence-corrected chi connectivity index (χ0v) is 9.62. The molecule has 0 saturated heterocycles. The Morgan fingerprint density at radius 1 is 1.65 bits per heavy atom. The molecule has 1 N–H and O–H groups in total. The number of para-hydroxylation sites is 1. The summed E-state index contributed by atoms with van der Waals surface area (Å²) >= 11 is 0. The smallest absolute Gasteiger partial charge is 0.310 e. The summed E-state index contributed by atoms with van der Waals surface area (Å²) in [6.45, 7) is 1.85. The van der Waals surface area contributed by atoms with Gasteiger partial charge in [-0.25, -0.2) is 0 Å². The number of nitro groups is 1. The number of likely N-dealkylation sites (N-methyl/N-ethyl adjacent to an activating group) is 1. The number of aliphatic hydroxyl groups is 1. The van der Waals surface area contributed by atoms with Crippen molar-refractivity contribution in [2.75, 3.05) is 18.5 Å². The molecule has 6 heteroatoms. The van der Waals surface area contributed by atoms with E-state index in [1.807, 2.05) is 0 Å². The van der Waals surface area contributed by atoms with E-state index in [1.165, 1.54) is 6.07 Å². The molecule has 0 aliphatic carbocycles. The largest absolute Gasteiger partial charge is 0.392 e. The topological polar surface area (TPSA) is 90.4 Å². The third-order valence-electron chi connectivity index (χ3n) is 2.27. The highest BCUT2D eigenvalue weighted by atomic mass is 16.6. The lowest BCUT2D eigenvalue weighted by atomic mass is 10.1. The molecule has 1 rings (SSSR count). The van der Waals surface area contributed by atoms with Crippen LogP contribution in [-0.2, 0) is 0 Å². The van der Waals surface area contributed by atoms with Gasteiger partial charge in [-0.3, -0.25) is 10.1 Å². The Bertz CT molecular complexity index is 466. The highest BCUT2D eigenvalue weighted by Crippen LogP contribution is 2.30. The van der Waals surface area contributed by atoms with Gasteiger partial charge in [-0.1, -0.05) is 6.07 Å². The van der Waals surface area contributed by atoms with Crippen LogP contribution in [0.5, 0.6) is 0 Å². The Morgan fingerprint density at radius 2 is 2.29 bits per heavy atom. The molecule has 0 saturated carbocycles. The Labute approximate surface area is 98.9 Å². The van der Waals surface area contributed by atoms with Gasteiger partial charge >= 0.3 is 5.69 Å². The van der Waals surface area contributed by atoms with E-state index in [1.54, 1.807) is 37.1 Å². The van der Waals surface area contributed by atoms with Gasteiger partial charge in [0.05, 0.1) is 11.0 Å². The van der Waals surface area contributed by atoms with Gasteiger partial charge in [0.15, 0.2) is 0 Å².